The second-order valence-corrected chi connectivity index (χ2v) is 4.71. The summed E-state index contributed by atoms with van der Waals surface area (Å²) < 4.78 is 0. The Balaban J connectivity index is 2.11. The third-order valence-electron chi connectivity index (χ3n) is 2.58. The van der Waals surface area contributed by atoms with E-state index in [1.54, 1.807) is 6.07 Å². The highest BCUT2D eigenvalue weighted by molar-refractivity contribution is 6.34. The van der Waals surface area contributed by atoms with Crippen LogP contribution in [0, 0.1) is 4.91 Å². The van der Waals surface area contributed by atoms with Crippen molar-refractivity contribution < 1.29 is 4.79 Å². The highest BCUT2D eigenvalue weighted by atomic mass is 35.5. The molecule has 0 aliphatic heterocycles. The first-order chi connectivity index (χ1) is 9.61. The molecule has 0 saturated heterocycles. The Morgan fingerprint density at radius 2 is 2.00 bits per heavy atom. The Labute approximate surface area is 124 Å². The van der Waals surface area contributed by atoms with Crippen LogP contribution in [0.1, 0.15) is 15.9 Å². The van der Waals surface area contributed by atoms with E-state index < -0.39 is 5.91 Å². The monoisotopic (exact) mass is 309 g/mol. The van der Waals surface area contributed by atoms with Crippen molar-refractivity contribution in [3.8, 4) is 0 Å². The van der Waals surface area contributed by atoms with Crippen LogP contribution < -0.4 is 5.32 Å². The number of anilines is 1. The van der Waals surface area contributed by atoms with E-state index in [0.29, 0.717) is 17.4 Å². The minimum atomic E-state index is -0.944. The molecule has 7 heteroatoms. The van der Waals surface area contributed by atoms with Crippen LogP contribution in [0.25, 0.3) is 0 Å². The maximum absolute atomic E-state index is 11.1. The van der Waals surface area contributed by atoms with Crippen LogP contribution in [0.2, 0.25) is 10.0 Å². The zero-order valence-corrected chi connectivity index (χ0v) is 11.6. The molecule has 0 bridgehead atoms. The third kappa shape index (κ3) is 3.31. The third-order valence-corrected chi connectivity index (χ3v) is 3.27. The number of rotatable bonds is 4. The summed E-state index contributed by atoms with van der Waals surface area (Å²) in [5.41, 5.74) is 0.881. The van der Waals surface area contributed by atoms with Crippen LogP contribution in [0.4, 0.5) is 5.82 Å². The van der Waals surface area contributed by atoms with Crippen LogP contribution >= 0.6 is 23.2 Å². The van der Waals surface area contributed by atoms with Crippen molar-refractivity contribution in [2.24, 2.45) is 5.18 Å². The fourth-order valence-electron chi connectivity index (χ4n) is 1.56. The van der Waals surface area contributed by atoms with Gasteiger partial charge in [0.1, 0.15) is 5.82 Å². The molecule has 0 aliphatic rings. The number of nitrogens with zero attached hydrogens (tertiary/aromatic N) is 2. The van der Waals surface area contributed by atoms with E-state index in [4.69, 9.17) is 23.2 Å². The van der Waals surface area contributed by atoms with E-state index in [1.165, 1.54) is 12.3 Å². The maximum atomic E-state index is 11.1. The van der Waals surface area contributed by atoms with E-state index in [2.05, 4.69) is 15.5 Å². The first-order valence-electron chi connectivity index (χ1n) is 5.62. The van der Waals surface area contributed by atoms with Crippen LogP contribution in [0.5, 0.6) is 0 Å². The standard InChI is InChI=1S/C13H9Cl2N3O2/c14-10-4-2-1-3-8(10)6-16-12-5-11(15)9(7-17-12)13(19)18-20/h1-5,7H,6H2,(H,16,17). The lowest BCUT2D eigenvalue weighted by Gasteiger charge is -2.08. The average Bonchev–Trinajstić information content (AvgIpc) is 2.46. The smallest absolute Gasteiger partial charge is 0.319 e. The predicted molar refractivity (Wildman–Crippen MR) is 78.2 cm³/mol. The molecule has 2 rings (SSSR count). The van der Waals surface area contributed by atoms with Gasteiger partial charge < -0.3 is 5.32 Å². The van der Waals surface area contributed by atoms with Crippen LogP contribution in [-0.4, -0.2) is 10.9 Å². The van der Waals surface area contributed by atoms with Gasteiger partial charge in [-0.15, -0.1) is 4.91 Å². The molecule has 0 aliphatic carbocycles. The molecule has 5 nitrogen and oxygen atoms in total. The first kappa shape index (κ1) is 14.4. The van der Waals surface area contributed by atoms with Crippen molar-refractivity contribution in [1.82, 2.24) is 4.98 Å². The lowest BCUT2D eigenvalue weighted by atomic mass is 10.2. The summed E-state index contributed by atoms with van der Waals surface area (Å²) in [5, 5.41) is 6.09. The number of nitrogens with one attached hydrogen (secondary N) is 1. The van der Waals surface area contributed by atoms with Gasteiger partial charge in [0.15, 0.2) is 0 Å². The molecule has 1 aromatic heterocycles. The van der Waals surface area contributed by atoms with E-state index in [9.17, 15) is 9.70 Å². The largest absolute Gasteiger partial charge is 0.366 e. The molecule has 102 valence electrons. The second kappa shape index (κ2) is 6.45. The SMILES string of the molecule is O=NC(=O)c1cnc(NCc2ccccc2Cl)cc1Cl. The molecular weight excluding hydrogens is 301 g/mol. The summed E-state index contributed by atoms with van der Waals surface area (Å²) in [6, 6.07) is 8.84. The van der Waals surface area contributed by atoms with E-state index in [0.717, 1.165) is 5.56 Å². The van der Waals surface area contributed by atoms with E-state index in [1.807, 2.05) is 18.2 Å². The predicted octanol–water partition coefficient (Wildman–Crippen LogP) is 3.91. The molecule has 2 aromatic rings. The van der Waals surface area contributed by atoms with Gasteiger partial charge in [-0.1, -0.05) is 41.4 Å². The lowest BCUT2D eigenvalue weighted by Crippen LogP contribution is -2.04. The summed E-state index contributed by atoms with van der Waals surface area (Å²) in [4.78, 5) is 25.3. The van der Waals surface area contributed by atoms with Gasteiger partial charge in [-0.2, -0.15) is 0 Å². The minimum Gasteiger partial charge on any atom is -0.366 e. The topological polar surface area (TPSA) is 71.4 Å². The molecular formula is C13H9Cl2N3O2. The number of hydrogen-bond donors (Lipinski definition) is 1. The first-order valence-corrected chi connectivity index (χ1v) is 6.38. The Hall–Kier alpha value is -1.98. The number of amides is 1. The Morgan fingerprint density at radius 1 is 1.25 bits per heavy atom. The lowest BCUT2D eigenvalue weighted by molar-refractivity contribution is 0.100. The molecule has 0 saturated carbocycles. The van der Waals surface area contributed by atoms with Crippen LogP contribution in [0.3, 0.4) is 0 Å². The van der Waals surface area contributed by atoms with Crippen molar-refractivity contribution >= 4 is 34.9 Å². The van der Waals surface area contributed by atoms with E-state index >= 15 is 0 Å². The summed E-state index contributed by atoms with van der Waals surface area (Å²) in [5.74, 6) is -0.475. The van der Waals surface area contributed by atoms with Crippen molar-refractivity contribution in [1.29, 1.82) is 0 Å². The number of nitroso groups, excluding NO2 is 1. The number of halogens is 2. The Kier molecular flexibility index (Phi) is 4.65. The van der Waals surface area contributed by atoms with Crippen molar-refractivity contribution in [2.75, 3.05) is 5.32 Å². The number of carbonyl (C=O) groups excluding carboxylic acids is 1. The zero-order chi connectivity index (χ0) is 14.5. The molecule has 20 heavy (non-hydrogen) atoms. The molecule has 1 aromatic carbocycles. The molecule has 1 heterocycles. The van der Waals surface area contributed by atoms with E-state index in [-0.39, 0.29) is 10.6 Å². The van der Waals surface area contributed by atoms with Gasteiger partial charge in [0.2, 0.25) is 0 Å². The number of aromatic nitrogens is 1. The summed E-state index contributed by atoms with van der Waals surface area (Å²) in [6.07, 6.45) is 1.21. The molecule has 1 amide bonds. The van der Waals surface area contributed by atoms with Gasteiger partial charge in [-0.3, -0.25) is 4.79 Å². The zero-order valence-electron chi connectivity index (χ0n) is 10.1. The molecule has 0 atom stereocenters. The molecule has 0 unspecified atom stereocenters. The maximum Gasteiger partial charge on any atom is 0.319 e. The fourth-order valence-corrected chi connectivity index (χ4v) is 2.00. The van der Waals surface area contributed by atoms with Gasteiger partial charge in [0.25, 0.3) is 0 Å². The highest BCUT2D eigenvalue weighted by Crippen LogP contribution is 2.21. The number of benzene rings is 1. The average molecular weight is 310 g/mol. The van der Waals surface area contributed by atoms with Crippen molar-refractivity contribution in [3.05, 3.63) is 62.6 Å². The fraction of sp³-hybridized carbons (Fsp3) is 0.0769. The normalized spacial score (nSPS) is 10.1. The molecule has 0 spiro atoms. The van der Waals surface area contributed by atoms with Gasteiger partial charge in [0.05, 0.1) is 10.6 Å². The van der Waals surface area contributed by atoms with Gasteiger partial charge >= 0.3 is 5.91 Å². The molecule has 1 N–H and O–H groups in total. The number of pyridine rings is 1. The van der Waals surface area contributed by atoms with Gasteiger partial charge in [-0.25, -0.2) is 4.98 Å². The summed E-state index contributed by atoms with van der Waals surface area (Å²) in [6.45, 7) is 0.461. The van der Waals surface area contributed by atoms with Crippen LogP contribution in [-0.2, 0) is 6.54 Å². The number of hydrogen-bond acceptors (Lipinski definition) is 4. The molecule has 0 fully saturated rings. The number of carbonyl (C=O) groups is 1. The summed E-state index contributed by atoms with van der Waals surface area (Å²) in [7, 11) is 0. The highest BCUT2D eigenvalue weighted by Gasteiger charge is 2.12. The van der Waals surface area contributed by atoms with Crippen molar-refractivity contribution in [2.45, 2.75) is 6.54 Å². The van der Waals surface area contributed by atoms with Gasteiger partial charge in [0, 0.05) is 22.9 Å². The van der Waals surface area contributed by atoms with Crippen molar-refractivity contribution in [3.63, 3.8) is 0 Å². The summed E-state index contributed by atoms with van der Waals surface area (Å²) >= 11 is 11.9. The quantitative estimate of drug-likeness (QED) is 0.869. The minimum absolute atomic E-state index is 0.0232. The van der Waals surface area contributed by atoms with Crippen LogP contribution in [0.15, 0.2) is 41.7 Å². The Morgan fingerprint density at radius 3 is 2.65 bits per heavy atom. The second-order valence-electron chi connectivity index (χ2n) is 3.89. The molecule has 0 radical (unpaired) electrons. The van der Waals surface area contributed by atoms with Gasteiger partial charge in [-0.05, 0) is 17.7 Å². The Bertz CT molecular complexity index is 662.